The molecule has 1 saturated heterocycles. The van der Waals surface area contributed by atoms with Crippen LogP contribution in [0.15, 0.2) is 48.7 Å². The van der Waals surface area contributed by atoms with Crippen LogP contribution in [0.3, 0.4) is 0 Å². The second kappa shape index (κ2) is 9.64. The average Bonchev–Trinajstić information content (AvgIpc) is 2.79. The third-order valence-electron chi connectivity index (χ3n) is 5.30. The molecule has 1 aliphatic heterocycles. The first kappa shape index (κ1) is 21.5. The van der Waals surface area contributed by atoms with Gasteiger partial charge in [0.25, 0.3) is 5.91 Å². The molecule has 1 amide bonds. The molecule has 0 spiro atoms. The summed E-state index contributed by atoms with van der Waals surface area (Å²) in [5.74, 6) is 3.81. The Morgan fingerprint density at radius 3 is 2.44 bits per heavy atom. The lowest BCUT2D eigenvalue weighted by Crippen LogP contribution is -2.49. The first-order valence-electron chi connectivity index (χ1n) is 10.8. The summed E-state index contributed by atoms with van der Waals surface area (Å²) in [4.78, 5) is 30.4. The van der Waals surface area contributed by atoms with Gasteiger partial charge in [-0.1, -0.05) is 0 Å². The normalized spacial score (nSPS) is 13.7. The van der Waals surface area contributed by atoms with E-state index >= 15 is 0 Å². The van der Waals surface area contributed by atoms with Crippen molar-refractivity contribution >= 4 is 23.4 Å². The number of pyridine rings is 1. The first-order chi connectivity index (χ1) is 15.5. The van der Waals surface area contributed by atoms with Gasteiger partial charge in [0.1, 0.15) is 29.0 Å². The van der Waals surface area contributed by atoms with Crippen LogP contribution in [0.5, 0.6) is 5.75 Å². The standard InChI is InChI=1S/C24H28N6O2/c1-4-32-20-7-5-19(6-8-20)24(31)30-13-11-29(12-14-30)23-16-22(26-18(3)27-23)28-21-15-17(2)9-10-25-21/h5-10,15-16H,4,11-14H2,1-3H3,(H,25,26,27,28). The van der Waals surface area contributed by atoms with Gasteiger partial charge in [0.15, 0.2) is 0 Å². The third kappa shape index (κ3) is 5.14. The lowest BCUT2D eigenvalue weighted by atomic mass is 10.1. The molecule has 166 valence electrons. The van der Waals surface area contributed by atoms with E-state index in [0.717, 1.165) is 22.9 Å². The fraction of sp³-hybridized carbons (Fsp3) is 0.333. The maximum atomic E-state index is 12.9. The Bertz CT molecular complexity index is 1080. The molecule has 0 unspecified atom stereocenters. The van der Waals surface area contributed by atoms with E-state index in [9.17, 15) is 4.79 Å². The van der Waals surface area contributed by atoms with E-state index in [2.05, 4.69) is 25.2 Å². The highest BCUT2D eigenvalue weighted by molar-refractivity contribution is 5.94. The molecule has 0 radical (unpaired) electrons. The number of hydrogen-bond donors (Lipinski definition) is 1. The van der Waals surface area contributed by atoms with Crippen molar-refractivity contribution in [1.82, 2.24) is 19.9 Å². The van der Waals surface area contributed by atoms with Crippen LogP contribution in [0.2, 0.25) is 0 Å². The molecule has 0 atom stereocenters. The number of anilines is 3. The van der Waals surface area contributed by atoms with E-state index in [4.69, 9.17) is 4.74 Å². The number of carbonyl (C=O) groups excluding carboxylic acids is 1. The molecule has 32 heavy (non-hydrogen) atoms. The van der Waals surface area contributed by atoms with Crippen LogP contribution in [0, 0.1) is 13.8 Å². The number of aryl methyl sites for hydroxylation is 2. The maximum absolute atomic E-state index is 12.9. The highest BCUT2D eigenvalue weighted by atomic mass is 16.5. The van der Waals surface area contributed by atoms with Gasteiger partial charge < -0.3 is 19.9 Å². The minimum absolute atomic E-state index is 0.0412. The molecule has 3 aromatic rings. The first-order valence-corrected chi connectivity index (χ1v) is 10.8. The summed E-state index contributed by atoms with van der Waals surface area (Å²) in [5, 5.41) is 3.26. The van der Waals surface area contributed by atoms with Gasteiger partial charge in [0.05, 0.1) is 6.61 Å². The van der Waals surface area contributed by atoms with Crippen LogP contribution < -0.4 is 15.0 Å². The summed E-state index contributed by atoms with van der Waals surface area (Å²) in [7, 11) is 0. The van der Waals surface area contributed by atoms with Crippen molar-refractivity contribution in [1.29, 1.82) is 0 Å². The molecule has 0 aliphatic carbocycles. The fourth-order valence-electron chi connectivity index (χ4n) is 3.70. The molecule has 1 aromatic carbocycles. The second-order valence-corrected chi connectivity index (χ2v) is 7.74. The van der Waals surface area contributed by atoms with Crippen molar-refractivity contribution in [3.63, 3.8) is 0 Å². The van der Waals surface area contributed by atoms with Crippen molar-refractivity contribution in [3.05, 3.63) is 65.6 Å². The number of nitrogens with zero attached hydrogens (tertiary/aromatic N) is 5. The lowest BCUT2D eigenvalue weighted by molar-refractivity contribution is 0.0746. The zero-order valence-electron chi connectivity index (χ0n) is 18.7. The van der Waals surface area contributed by atoms with Crippen LogP contribution >= 0.6 is 0 Å². The molecular weight excluding hydrogens is 404 g/mol. The number of rotatable bonds is 6. The Hall–Kier alpha value is -3.68. The van der Waals surface area contributed by atoms with E-state index in [1.165, 1.54) is 0 Å². The number of benzene rings is 1. The van der Waals surface area contributed by atoms with Crippen LogP contribution in [-0.4, -0.2) is 58.5 Å². The molecule has 4 rings (SSSR count). The lowest BCUT2D eigenvalue weighted by Gasteiger charge is -2.35. The van der Waals surface area contributed by atoms with Crippen LogP contribution in [0.4, 0.5) is 17.5 Å². The van der Waals surface area contributed by atoms with Gasteiger partial charge in [-0.2, -0.15) is 0 Å². The summed E-state index contributed by atoms with van der Waals surface area (Å²) < 4.78 is 5.46. The van der Waals surface area contributed by atoms with Crippen LogP contribution in [0.1, 0.15) is 28.7 Å². The summed E-state index contributed by atoms with van der Waals surface area (Å²) >= 11 is 0. The molecule has 0 saturated carbocycles. The summed E-state index contributed by atoms with van der Waals surface area (Å²) in [5.41, 5.74) is 1.80. The zero-order valence-corrected chi connectivity index (χ0v) is 18.7. The van der Waals surface area contributed by atoms with Gasteiger partial charge in [-0.15, -0.1) is 0 Å². The van der Waals surface area contributed by atoms with Gasteiger partial charge in [-0.25, -0.2) is 15.0 Å². The van der Waals surface area contributed by atoms with E-state index in [1.807, 2.05) is 68.1 Å². The highest BCUT2D eigenvalue weighted by Gasteiger charge is 2.23. The average molecular weight is 433 g/mol. The Kier molecular flexibility index (Phi) is 6.49. The number of carbonyl (C=O) groups is 1. The minimum Gasteiger partial charge on any atom is -0.494 e. The van der Waals surface area contributed by atoms with Gasteiger partial charge in [-0.05, 0) is 62.7 Å². The molecule has 1 N–H and O–H groups in total. The zero-order chi connectivity index (χ0) is 22.5. The number of amides is 1. The molecule has 1 fully saturated rings. The van der Waals surface area contributed by atoms with E-state index in [-0.39, 0.29) is 5.91 Å². The van der Waals surface area contributed by atoms with Gasteiger partial charge in [-0.3, -0.25) is 4.79 Å². The number of aromatic nitrogens is 3. The van der Waals surface area contributed by atoms with Crippen molar-refractivity contribution < 1.29 is 9.53 Å². The van der Waals surface area contributed by atoms with E-state index in [0.29, 0.717) is 50.0 Å². The molecule has 1 aliphatic rings. The van der Waals surface area contributed by atoms with Gasteiger partial charge >= 0.3 is 0 Å². The monoisotopic (exact) mass is 432 g/mol. The molecule has 8 nitrogen and oxygen atoms in total. The van der Waals surface area contributed by atoms with E-state index < -0.39 is 0 Å². The Balaban J connectivity index is 1.40. The van der Waals surface area contributed by atoms with Crippen LogP contribution in [0.25, 0.3) is 0 Å². The predicted molar refractivity (Wildman–Crippen MR) is 125 cm³/mol. The fourth-order valence-corrected chi connectivity index (χ4v) is 3.70. The summed E-state index contributed by atoms with van der Waals surface area (Å²) in [6.07, 6.45) is 1.77. The summed E-state index contributed by atoms with van der Waals surface area (Å²) in [6, 6.07) is 13.2. The molecule has 2 aromatic heterocycles. The highest BCUT2D eigenvalue weighted by Crippen LogP contribution is 2.21. The van der Waals surface area contributed by atoms with Crippen LogP contribution in [-0.2, 0) is 0 Å². The Morgan fingerprint density at radius 2 is 1.75 bits per heavy atom. The second-order valence-electron chi connectivity index (χ2n) is 7.74. The smallest absolute Gasteiger partial charge is 0.253 e. The largest absolute Gasteiger partial charge is 0.494 e. The number of nitrogens with one attached hydrogen (secondary N) is 1. The predicted octanol–water partition coefficient (Wildman–Crippen LogP) is 3.59. The Morgan fingerprint density at radius 1 is 1.00 bits per heavy atom. The molecular formula is C24H28N6O2. The van der Waals surface area contributed by atoms with Gasteiger partial charge in [0, 0.05) is 44.0 Å². The Labute approximate surface area is 188 Å². The van der Waals surface area contributed by atoms with Crippen molar-refractivity contribution in [2.75, 3.05) is 43.0 Å². The summed E-state index contributed by atoms with van der Waals surface area (Å²) in [6.45, 7) is 9.14. The van der Waals surface area contributed by atoms with Crippen molar-refractivity contribution in [3.8, 4) is 5.75 Å². The topological polar surface area (TPSA) is 83.5 Å². The number of piperazine rings is 1. The quantitative estimate of drug-likeness (QED) is 0.637. The van der Waals surface area contributed by atoms with Crippen molar-refractivity contribution in [2.45, 2.75) is 20.8 Å². The SMILES string of the molecule is CCOc1ccc(C(=O)N2CCN(c3cc(Nc4cc(C)ccn4)nc(C)n3)CC2)cc1. The maximum Gasteiger partial charge on any atom is 0.253 e. The molecule has 3 heterocycles. The third-order valence-corrected chi connectivity index (χ3v) is 5.30. The number of hydrogen-bond acceptors (Lipinski definition) is 7. The molecule has 8 heteroatoms. The van der Waals surface area contributed by atoms with Crippen molar-refractivity contribution in [2.24, 2.45) is 0 Å². The minimum atomic E-state index is 0.0412. The number of ether oxygens (including phenoxy) is 1. The molecule has 0 bridgehead atoms. The van der Waals surface area contributed by atoms with E-state index in [1.54, 1.807) is 6.20 Å². The van der Waals surface area contributed by atoms with Gasteiger partial charge in [0.2, 0.25) is 0 Å².